The minimum Gasteiger partial charge on any atom is -0.298 e. The van der Waals surface area contributed by atoms with Gasteiger partial charge in [0.05, 0.1) is 6.07 Å². The molecule has 0 spiro atoms. The topological polar surface area (TPSA) is 39.1 Å². The quantitative estimate of drug-likeness (QED) is 0.830. The number of likely N-dealkylation sites (N-methyl/N-ethyl adjacent to an activating group) is 1. The molecule has 0 aliphatic rings. The van der Waals surface area contributed by atoms with Crippen LogP contribution in [-0.2, 0) is 5.54 Å². The zero-order valence-electron chi connectivity index (χ0n) is 13.4. The molecule has 1 rings (SSSR count). The summed E-state index contributed by atoms with van der Waals surface area (Å²) in [6.45, 7) is 10.5. The predicted molar refractivity (Wildman–Crippen MR) is 84.3 cm³/mol. The molecular formula is C17H27N3. The van der Waals surface area contributed by atoms with Gasteiger partial charge in [-0.2, -0.15) is 5.26 Å². The lowest BCUT2D eigenvalue weighted by Crippen LogP contribution is -2.51. The van der Waals surface area contributed by atoms with Crippen LogP contribution in [0.1, 0.15) is 33.3 Å². The Kier molecular flexibility index (Phi) is 6.19. The molecule has 0 fully saturated rings. The number of benzene rings is 1. The number of hydrogen-bond acceptors (Lipinski definition) is 3. The van der Waals surface area contributed by atoms with Crippen molar-refractivity contribution in [3.8, 4) is 6.07 Å². The summed E-state index contributed by atoms with van der Waals surface area (Å²) in [5.41, 5.74) is 0.375. The molecule has 110 valence electrons. The van der Waals surface area contributed by atoms with Gasteiger partial charge in [0.1, 0.15) is 5.54 Å². The fourth-order valence-corrected chi connectivity index (χ4v) is 2.42. The summed E-state index contributed by atoms with van der Waals surface area (Å²) in [5, 5.41) is 13.0. The molecule has 1 atom stereocenters. The Morgan fingerprint density at radius 3 is 2.20 bits per heavy atom. The molecule has 0 aromatic heterocycles. The van der Waals surface area contributed by atoms with Gasteiger partial charge in [0.25, 0.3) is 0 Å². The van der Waals surface area contributed by atoms with E-state index in [1.807, 2.05) is 37.4 Å². The fourth-order valence-electron chi connectivity index (χ4n) is 2.42. The van der Waals surface area contributed by atoms with E-state index in [2.05, 4.69) is 44.0 Å². The van der Waals surface area contributed by atoms with Crippen molar-refractivity contribution in [3.05, 3.63) is 35.9 Å². The number of nitrogens with zero attached hydrogens (tertiary/aromatic N) is 2. The highest BCUT2D eigenvalue weighted by Crippen LogP contribution is 2.23. The number of nitrogens with one attached hydrogen (secondary N) is 1. The molecule has 0 radical (unpaired) electrons. The van der Waals surface area contributed by atoms with E-state index in [-0.39, 0.29) is 0 Å². The van der Waals surface area contributed by atoms with Crippen LogP contribution in [0.4, 0.5) is 0 Å². The first-order chi connectivity index (χ1) is 9.45. The van der Waals surface area contributed by atoms with Crippen molar-refractivity contribution < 1.29 is 0 Å². The predicted octanol–water partition coefficient (Wildman–Crippen LogP) is 2.99. The number of nitriles is 1. The van der Waals surface area contributed by atoms with Crippen LogP contribution >= 0.6 is 0 Å². The summed E-state index contributed by atoms with van der Waals surface area (Å²) in [7, 11) is 1.87. The van der Waals surface area contributed by atoms with E-state index in [1.54, 1.807) is 0 Å². The van der Waals surface area contributed by atoms with Gasteiger partial charge in [-0.05, 0) is 32.4 Å². The van der Waals surface area contributed by atoms with Crippen LogP contribution < -0.4 is 5.32 Å². The smallest absolute Gasteiger partial charge is 0.144 e. The van der Waals surface area contributed by atoms with Crippen LogP contribution in [0.15, 0.2) is 30.3 Å². The molecule has 0 saturated heterocycles. The molecule has 0 aliphatic heterocycles. The van der Waals surface area contributed by atoms with E-state index in [4.69, 9.17) is 0 Å². The highest BCUT2D eigenvalue weighted by atomic mass is 15.2. The van der Waals surface area contributed by atoms with Gasteiger partial charge in [-0.3, -0.25) is 10.2 Å². The normalized spacial score (nSPS) is 14.6. The molecule has 3 heteroatoms. The van der Waals surface area contributed by atoms with Crippen molar-refractivity contribution in [1.29, 1.82) is 5.26 Å². The lowest BCUT2D eigenvalue weighted by molar-refractivity contribution is 0.158. The minimum atomic E-state index is -0.652. The first kappa shape index (κ1) is 16.7. The Morgan fingerprint density at radius 1 is 1.20 bits per heavy atom. The van der Waals surface area contributed by atoms with E-state index in [0.717, 1.165) is 12.1 Å². The summed E-state index contributed by atoms with van der Waals surface area (Å²) >= 11 is 0. The molecule has 3 nitrogen and oxygen atoms in total. The average molecular weight is 273 g/mol. The first-order valence-corrected chi connectivity index (χ1v) is 7.35. The van der Waals surface area contributed by atoms with Gasteiger partial charge in [0.2, 0.25) is 0 Å². The molecule has 0 heterocycles. The van der Waals surface area contributed by atoms with E-state index < -0.39 is 5.54 Å². The summed E-state index contributed by atoms with van der Waals surface area (Å²) in [4.78, 5) is 2.37. The van der Waals surface area contributed by atoms with Crippen molar-refractivity contribution in [2.75, 3.05) is 20.1 Å². The summed E-state index contributed by atoms with van der Waals surface area (Å²) < 4.78 is 0. The maximum absolute atomic E-state index is 9.76. The van der Waals surface area contributed by atoms with Crippen LogP contribution in [0.2, 0.25) is 0 Å². The largest absolute Gasteiger partial charge is 0.298 e. The molecular weight excluding hydrogens is 246 g/mol. The zero-order valence-corrected chi connectivity index (χ0v) is 13.4. The van der Waals surface area contributed by atoms with Crippen LogP contribution in [0.25, 0.3) is 0 Å². The number of rotatable bonds is 7. The summed E-state index contributed by atoms with van der Waals surface area (Å²) in [6.07, 6.45) is 0. The van der Waals surface area contributed by atoms with Gasteiger partial charge < -0.3 is 0 Å². The maximum atomic E-state index is 9.76. The van der Waals surface area contributed by atoms with E-state index in [1.165, 1.54) is 0 Å². The Morgan fingerprint density at radius 2 is 1.80 bits per heavy atom. The van der Waals surface area contributed by atoms with Crippen molar-refractivity contribution in [2.24, 2.45) is 5.92 Å². The molecule has 0 bridgehead atoms. The lowest BCUT2D eigenvalue weighted by atomic mass is 9.90. The van der Waals surface area contributed by atoms with Crippen LogP contribution in [0.3, 0.4) is 0 Å². The standard InChI is InChI=1S/C17H27N3/c1-14(2)11-20(15(3)4)13-17(12-18,19-5)16-9-7-6-8-10-16/h6-10,14-15,19H,11,13H2,1-5H3. The molecule has 1 unspecified atom stereocenters. The third kappa shape index (κ3) is 4.06. The zero-order chi connectivity index (χ0) is 15.2. The third-order valence-corrected chi connectivity index (χ3v) is 3.65. The Bertz CT molecular complexity index is 433. The van der Waals surface area contributed by atoms with Crippen LogP contribution in [0.5, 0.6) is 0 Å². The van der Waals surface area contributed by atoms with Gasteiger partial charge in [-0.1, -0.05) is 44.2 Å². The van der Waals surface area contributed by atoms with E-state index in [0.29, 0.717) is 18.5 Å². The molecule has 0 aliphatic carbocycles. The van der Waals surface area contributed by atoms with Crippen molar-refractivity contribution in [1.82, 2.24) is 10.2 Å². The van der Waals surface area contributed by atoms with Crippen LogP contribution in [-0.4, -0.2) is 31.1 Å². The van der Waals surface area contributed by atoms with Crippen molar-refractivity contribution in [2.45, 2.75) is 39.3 Å². The van der Waals surface area contributed by atoms with E-state index in [9.17, 15) is 5.26 Å². The lowest BCUT2D eigenvalue weighted by Gasteiger charge is -2.36. The Balaban J connectivity index is 3.05. The van der Waals surface area contributed by atoms with Gasteiger partial charge in [0, 0.05) is 19.1 Å². The molecule has 1 aromatic carbocycles. The molecule has 0 saturated carbocycles. The summed E-state index contributed by atoms with van der Waals surface area (Å²) in [5.74, 6) is 0.585. The van der Waals surface area contributed by atoms with Gasteiger partial charge >= 0.3 is 0 Å². The van der Waals surface area contributed by atoms with Crippen molar-refractivity contribution in [3.63, 3.8) is 0 Å². The minimum absolute atomic E-state index is 0.419. The highest BCUT2D eigenvalue weighted by molar-refractivity contribution is 5.32. The first-order valence-electron chi connectivity index (χ1n) is 7.35. The number of hydrogen-bond donors (Lipinski definition) is 1. The second-order valence-electron chi connectivity index (χ2n) is 6.05. The SMILES string of the molecule is CNC(C#N)(CN(CC(C)C)C(C)C)c1ccccc1. The fraction of sp³-hybridized carbons (Fsp3) is 0.588. The van der Waals surface area contributed by atoms with Gasteiger partial charge in [0.15, 0.2) is 0 Å². The third-order valence-electron chi connectivity index (χ3n) is 3.65. The van der Waals surface area contributed by atoms with Crippen LogP contribution in [0, 0.1) is 17.2 Å². The molecule has 1 aromatic rings. The van der Waals surface area contributed by atoms with Gasteiger partial charge in [-0.15, -0.1) is 0 Å². The molecule has 0 amide bonds. The second kappa shape index (κ2) is 7.42. The molecule has 1 N–H and O–H groups in total. The Hall–Kier alpha value is -1.37. The van der Waals surface area contributed by atoms with Gasteiger partial charge in [-0.25, -0.2) is 0 Å². The monoisotopic (exact) mass is 273 g/mol. The Labute approximate surface area is 123 Å². The summed E-state index contributed by atoms with van der Waals surface area (Å²) in [6, 6.07) is 12.9. The van der Waals surface area contributed by atoms with E-state index >= 15 is 0 Å². The second-order valence-corrected chi connectivity index (χ2v) is 6.05. The van der Waals surface area contributed by atoms with Crippen molar-refractivity contribution >= 4 is 0 Å². The highest BCUT2D eigenvalue weighted by Gasteiger charge is 2.33. The maximum Gasteiger partial charge on any atom is 0.144 e. The molecule has 20 heavy (non-hydrogen) atoms. The average Bonchev–Trinajstić information content (AvgIpc) is 2.44.